The summed E-state index contributed by atoms with van der Waals surface area (Å²) in [6.07, 6.45) is 0.602. The van der Waals surface area contributed by atoms with Crippen LogP contribution in [0.4, 0.5) is 11.4 Å². The Labute approximate surface area is 114 Å². The fraction of sp³-hybridized carbons (Fsp3) is 0. The molecule has 2 rings (SSSR count). The largest absolute Gasteiger partial charge is 0.322 e. The van der Waals surface area contributed by atoms with Gasteiger partial charge in [0.25, 0.3) is 11.6 Å². The summed E-state index contributed by atoms with van der Waals surface area (Å²) >= 11 is 0. The maximum absolute atomic E-state index is 12.0. The quantitative estimate of drug-likeness (QED) is 0.525. The Morgan fingerprint density at radius 1 is 1.10 bits per heavy atom. The summed E-state index contributed by atoms with van der Waals surface area (Å²) in [7, 11) is 0. The molecule has 0 fully saturated rings. The first-order chi connectivity index (χ1) is 9.61. The smallest absolute Gasteiger partial charge is 0.269 e. The van der Waals surface area contributed by atoms with E-state index >= 15 is 0 Å². The Kier molecular flexibility index (Phi) is 3.85. The van der Waals surface area contributed by atoms with Crippen molar-refractivity contribution < 1.29 is 14.5 Å². The maximum Gasteiger partial charge on any atom is 0.269 e. The number of non-ortho nitro benzene ring substituents is 1. The fourth-order valence-electron chi connectivity index (χ4n) is 1.67. The molecule has 20 heavy (non-hydrogen) atoms. The van der Waals surface area contributed by atoms with Crippen molar-refractivity contribution in [1.82, 2.24) is 0 Å². The number of anilines is 1. The summed E-state index contributed by atoms with van der Waals surface area (Å²) < 4.78 is 0. The molecule has 0 saturated carbocycles. The van der Waals surface area contributed by atoms with Crippen LogP contribution in [0.25, 0.3) is 0 Å². The normalized spacial score (nSPS) is 9.80. The van der Waals surface area contributed by atoms with E-state index in [1.54, 1.807) is 12.1 Å². The second kappa shape index (κ2) is 5.75. The minimum atomic E-state index is -0.521. The number of nitro groups is 1. The van der Waals surface area contributed by atoms with Crippen LogP contribution in [0.1, 0.15) is 20.7 Å². The molecule has 0 saturated heterocycles. The molecule has 0 aliphatic carbocycles. The van der Waals surface area contributed by atoms with Gasteiger partial charge in [-0.3, -0.25) is 19.7 Å². The van der Waals surface area contributed by atoms with E-state index in [-0.39, 0.29) is 16.8 Å². The lowest BCUT2D eigenvalue weighted by molar-refractivity contribution is -0.384. The topological polar surface area (TPSA) is 89.3 Å². The molecule has 2 aromatic carbocycles. The van der Waals surface area contributed by atoms with Crippen LogP contribution >= 0.6 is 0 Å². The van der Waals surface area contributed by atoms with Gasteiger partial charge in [0.2, 0.25) is 0 Å². The number of carbonyl (C=O) groups is 2. The van der Waals surface area contributed by atoms with Gasteiger partial charge >= 0.3 is 0 Å². The lowest BCUT2D eigenvalue weighted by Crippen LogP contribution is -2.14. The molecule has 0 aliphatic rings. The molecule has 100 valence electrons. The summed E-state index contributed by atoms with van der Waals surface area (Å²) in [4.78, 5) is 32.9. The number of rotatable bonds is 4. The third-order valence-corrected chi connectivity index (χ3v) is 2.67. The zero-order valence-electron chi connectivity index (χ0n) is 10.3. The van der Waals surface area contributed by atoms with Crippen molar-refractivity contribution in [2.45, 2.75) is 0 Å². The van der Waals surface area contributed by atoms with E-state index in [1.165, 1.54) is 36.4 Å². The van der Waals surface area contributed by atoms with Crippen molar-refractivity contribution in [3.63, 3.8) is 0 Å². The van der Waals surface area contributed by atoms with Crippen LogP contribution in [0.2, 0.25) is 0 Å². The number of amides is 1. The minimum absolute atomic E-state index is 0.0590. The van der Waals surface area contributed by atoms with Crippen LogP contribution in [0, 0.1) is 10.1 Å². The first-order valence-electron chi connectivity index (χ1n) is 5.72. The van der Waals surface area contributed by atoms with Crippen LogP contribution in [0.3, 0.4) is 0 Å². The standard InChI is InChI=1S/C14H10N2O4/c17-9-10-3-1-2-4-13(10)14(18)15-11-5-7-12(8-6-11)16(19)20/h1-9H,(H,15,18). The number of carbonyl (C=O) groups excluding carboxylic acids is 2. The van der Waals surface area contributed by atoms with Crippen LogP contribution in [-0.2, 0) is 0 Å². The Bertz CT molecular complexity index is 665. The number of nitrogens with zero attached hydrogens (tertiary/aromatic N) is 1. The highest BCUT2D eigenvalue weighted by atomic mass is 16.6. The zero-order chi connectivity index (χ0) is 14.5. The van der Waals surface area contributed by atoms with E-state index in [4.69, 9.17) is 0 Å². The Morgan fingerprint density at radius 3 is 2.35 bits per heavy atom. The molecule has 6 nitrogen and oxygen atoms in total. The second-order valence-electron chi connectivity index (χ2n) is 3.96. The van der Waals surface area contributed by atoms with Gasteiger partial charge in [-0.2, -0.15) is 0 Å². The van der Waals surface area contributed by atoms with Crippen molar-refractivity contribution in [2.24, 2.45) is 0 Å². The van der Waals surface area contributed by atoms with Crippen LogP contribution in [0.5, 0.6) is 0 Å². The van der Waals surface area contributed by atoms with Gasteiger partial charge in [0.1, 0.15) is 0 Å². The van der Waals surface area contributed by atoms with Gasteiger partial charge < -0.3 is 5.32 Å². The van der Waals surface area contributed by atoms with Gasteiger partial charge in [-0.25, -0.2) is 0 Å². The van der Waals surface area contributed by atoms with E-state index < -0.39 is 10.8 Å². The number of hydrogen-bond donors (Lipinski definition) is 1. The van der Waals surface area contributed by atoms with Gasteiger partial charge in [0.05, 0.1) is 10.5 Å². The molecule has 0 unspecified atom stereocenters. The molecule has 0 atom stereocenters. The van der Waals surface area contributed by atoms with Crippen molar-refractivity contribution >= 4 is 23.6 Å². The SMILES string of the molecule is O=Cc1ccccc1C(=O)Nc1ccc([N+](=O)[O-])cc1. The number of nitro benzene ring substituents is 1. The second-order valence-corrected chi connectivity index (χ2v) is 3.96. The van der Waals surface area contributed by atoms with Crippen molar-refractivity contribution in [1.29, 1.82) is 0 Å². The lowest BCUT2D eigenvalue weighted by atomic mass is 10.1. The predicted octanol–water partition coefficient (Wildman–Crippen LogP) is 2.66. The van der Waals surface area contributed by atoms with Gasteiger partial charge in [0, 0.05) is 23.4 Å². The van der Waals surface area contributed by atoms with Crippen LogP contribution in [0.15, 0.2) is 48.5 Å². The molecule has 2 aromatic rings. The van der Waals surface area contributed by atoms with E-state index in [0.29, 0.717) is 12.0 Å². The van der Waals surface area contributed by atoms with Crippen LogP contribution in [-0.4, -0.2) is 17.1 Å². The number of hydrogen-bond acceptors (Lipinski definition) is 4. The molecular formula is C14H10N2O4. The maximum atomic E-state index is 12.0. The van der Waals surface area contributed by atoms with Crippen molar-refractivity contribution in [3.05, 3.63) is 69.8 Å². The Hall–Kier alpha value is -3.02. The highest BCUT2D eigenvalue weighted by molar-refractivity contribution is 6.08. The van der Waals surface area contributed by atoms with Gasteiger partial charge in [-0.05, 0) is 18.2 Å². The average molecular weight is 270 g/mol. The average Bonchev–Trinajstić information content (AvgIpc) is 2.47. The fourth-order valence-corrected chi connectivity index (χ4v) is 1.67. The monoisotopic (exact) mass is 270 g/mol. The number of benzene rings is 2. The van der Waals surface area contributed by atoms with E-state index in [1.807, 2.05) is 0 Å². The van der Waals surface area contributed by atoms with Gasteiger partial charge in [-0.15, -0.1) is 0 Å². The molecule has 0 aromatic heterocycles. The molecule has 1 amide bonds. The molecule has 0 heterocycles. The minimum Gasteiger partial charge on any atom is -0.322 e. The summed E-state index contributed by atoms with van der Waals surface area (Å²) in [5.41, 5.74) is 0.894. The number of aldehydes is 1. The Balaban J connectivity index is 2.19. The highest BCUT2D eigenvalue weighted by Gasteiger charge is 2.11. The van der Waals surface area contributed by atoms with Gasteiger partial charge in [-0.1, -0.05) is 18.2 Å². The molecular weight excluding hydrogens is 260 g/mol. The lowest BCUT2D eigenvalue weighted by Gasteiger charge is -2.06. The third kappa shape index (κ3) is 2.86. The summed E-state index contributed by atoms with van der Waals surface area (Å²) in [6, 6.07) is 11.8. The molecule has 0 radical (unpaired) electrons. The van der Waals surface area contributed by atoms with E-state index in [9.17, 15) is 19.7 Å². The molecule has 0 aliphatic heterocycles. The molecule has 6 heteroatoms. The first-order valence-corrected chi connectivity index (χ1v) is 5.72. The van der Waals surface area contributed by atoms with Crippen LogP contribution < -0.4 is 5.32 Å². The van der Waals surface area contributed by atoms with Crippen molar-refractivity contribution in [3.8, 4) is 0 Å². The van der Waals surface area contributed by atoms with E-state index in [2.05, 4.69) is 5.32 Å². The first kappa shape index (κ1) is 13.4. The summed E-state index contributed by atoms with van der Waals surface area (Å²) in [5, 5.41) is 13.1. The third-order valence-electron chi connectivity index (χ3n) is 2.67. The highest BCUT2D eigenvalue weighted by Crippen LogP contribution is 2.16. The molecule has 0 spiro atoms. The predicted molar refractivity (Wildman–Crippen MR) is 72.9 cm³/mol. The molecule has 0 bridgehead atoms. The van der Waals surface area contributed by atoms with Crippen molar-refractivity contribution in [2.75, 3.05) is 5.32 Å². The van der Waals surface area contributed by atoms with E-state index in [0.717, 1.165) is 0 Å². The Morgan fingerprint density at radius 2 is 1.75 bits per heavy atom. The summed E-state index contributed by atoms with van der Waals surface area (Å²) in [6.45, 7) is 0. The van der Waals surface area contributed by atoms with Gasteiger partial charge in [0.15, 0.2) is 6.29 Å². The summed E-state index contributed by atoms with van der Waals surface area (Å²) in [5.74, 6) is -0.443. The number of nitrogens with one attached hydrogen (secondary N) is 1. The zero-order valence-corrected chi connectivity index (χ0v) is 10.3. The molecule has 1 N–H and O–H groups in total.